The normalized spacial score (nSPS) is 13.0. The Hall–Kier alpha value is -1.09. The van der Waals surface area contributed by atoms with E-state index in [1.54, 1.807) is 6.92 Å². The van der Waals surface area contributed by atoms with Gasteiger partial charge in [-0.25, -0.2) is 4.39 Å². The Kier molecular flexibility index (Phi) is 2.33. The molecule has 0 aliphatic carbocycles. The van der Waals surface area contributed by atoms with Gasteiger partial charge in [-0.2, -0.15) is 0 Å². The minimum Gasteiger partial charge on any atom is -0.505 e. The number of halogens is 1. The average molecular weight is 170 g/mol. The van der Waals surface area contributed by atoms with Crippen LogP contribution in [0.3, 0.4) is 0 Å². The molecule has 1 aromatic carbocycles. The number of aliphatic hydroxyl groups is 1. The quantitative estimate of drug-likeness (QED) is 0.675. The highest BCUT2D eigenvalue weighted by molar-refractivity contribution is 5.40. The maximum absolute atomic E-state index is 12.8. The van der Waals surface area contributed by atoms with Gasteiger partial charge in [-0.3, -0.25) is 0 Å². The smallest absolute Gasteiger partial charge is 0.165 e. The first-order chi connectivity index (χ1) is 5.54. The van der Waals surface area contributed by atoms with Crippen molar-refractivity contribution < 1.29 is 14.6 Å². The lowest BCUT2D eigenvalue weighted by molar-refractivity contribution is 0.193. The van der Waals surface area contributed by atoms with E-state index in [0.717, 1.165) is 0 Å². The van der Waals surface area contributed by atoms with Crippen LogP contribution in [0.2, 0.25) is 0 Å². The molecule has 0 heterocycles. The second-order valence-electron chi connectivity index (χ2n) is 2.80. The number of aromatic hydroxyl groups is 1. The summed E-state index contributed by atoms with van der Waals surface area (Å²) in [6.07, 6.45) is -0.847. The van der Waals surface area contributed by atoms with Crippen molar-refractivity contribution in [3.63, 3.8) is 0 Å². The van der Waals surface area contributed by atoms with E-state index in [2.05, 4.69) is 0 Å². The summed E-state index contributed by atoms with van der Waals surface area (Å²) in [5.41, 5.74) is 0.943. The molecule has 1 unspecified atom stereocenters. The first-order valence-corrected chi connectivity index (χ1v) is 3.70. The van der Waals surface area contributed by atoms with Crippen LogP contribution in [-0.2, 0) is 0 Å². The van der Waals surface area contributed by atoms with Crippen LogP contribution >= 0.6 is 0 Å². The lowest BCUT2D eigenvalue weighted by Gasteiger charge is -2.10. The van der Waals surface area contributed by atoms with Crippen molar-refractivity contribution >= 4 is 0 Å². The lowest BCUT2D eigenvalue weighted by atomic mass is 10.0. The van der Waals surface area contributed by atoms with Crippen LogP contribution in [0.1, 0.15) is 24.2 Å². The lowest BCUT2D eigenvalue weighted by Crippen LogP contribution is -1.97. The minimum absolute atomic E-state index is 0.259. The Morgan fingerprint density at radius 3 is 2.42 bits per heavy atom. The zero-order chi connectivity index (χ0) is 9.30. The van der Waals surface area contributed by atoms with Gasteiger partial charge in [0.1, 0.15) is 0 Å². The molecule has 1 aromatic rings. The summed E-state index contributed by atoms with van der Waals surface area (Å²) in [7, 11) is 0. The maximum Gasteiger partial charge on any atom is 0.165 e. The van der Waals surface area contributed by atoms with E-state index in [0.29, 0.717) is 5.56 Å². The first-order valence-electron chi connectivity index (χ1n) is 3.70. The Balaban J connectivity index is 3.33. The van der Waals surface area contributed by atoms with E-state index in [9.17, 15) is 14.6 Å². The average Bonchev–Trinajstić information content (AvgIpc) is 1.97. The van der Waals surface area contributed by atoms with Crippen LogP contribution in [0.4, 0.5) is 4.39 Å². The molecule has 0 aliphatic rings. The fourth-order valence-corrected chi connectivity index (χ4v) is 1.21. The van der Waals surface area contributed by atoms with Crippen LogP contribution in [0, 0.1) is 12.7 Å². The fraction of sp³-hybridized carbons (Fsp3) is 0.333. The van der Waals surface area contributed by atoms with Crippen LogP contribution < -0.4 is 0 Å². The highest BCUT2D eigenvalue weighted by atomic mass is 19.1. The molecular formula is C9H11FO2. The van der Waals surface area contributed by atoms with Crippen molar-refractivity contribution in [2.24, 2.45) is 0 Å². The van der Waals surface area contributed by atoms with Crippen LogP contribution in [0.25, 0.3) is 0 Å². The summed E-state index contributed by atoms with van der Waals surface area (Å²) in [6.45, 7) is 3.20. The molecule has 0 aliphatic heterocycles. The fourth-order valence-electron chi connectivity index (χ4n) is 1.21. The van der Waals surface area contributed by atoms with Crippen LogP contribution in [0.5, 0.6) is 5.75 Å². The van der Waals surface area contributed by atoms with Gasteiger partial charge >= 0.3 is 0 Å². The number of rotatable bonds is 1. The molecule has 0 fully saturated rings. The molecule has 1 rings (SSSR count). The Morgan fingerprint density at radius 2 is 2.00 bits per heavy atom. The molecule has 12 heavy (non-hydrogen) atoms. The second kappa shape index (κ2) is 3.11. The van der Waals surface area contributed by atoms with E-state index >= 15 is 0 Å². The molecule has 1 atom stereocenters. The largest absolute Gasteiger partial charge is 0.505 e. The van der Waals surface area contributed by atoms with E-state index in [1.165, 1.54) is 19.1 Å². The van der Waals surface area contributed by atoms with Gasteiger partial charge in [0.25, 0.3) is 0 Å². The standard InChI is InChI=1S/C9H11FO2/c1-5-3-4-7(10)9(12)8(5)6(2)11/h3-4,6,11-12H,1-2H3. The predicted molar refractivity (Wildman–Crippen MR) is 43.4 cm³/mol. The van der Waals surface area contributed by atoms with E-state index in [1.807, 2.05) is 0 Å². The van der Waals surface area contributed by atoms with Crippen molar-refractivity contribution in [1.29, 1.82) is 0 Å². The number of aryl methyl sites for hydroxylation is 1. The third-order valence-corrected chi connectivity index (χ3v) is 1.80. The SMILES string of the molecule is Cc1ccc(F)c(O)c1C(C)O. The minimum atomic E-state index is -0.847. The van der Waals surface area contributed by atoms with E-state index in [4.69, 9.17) is 0 Å². The second-order valence-corrected chi connectivity index (χ2v) is 2.80. The third-order valence-electron chi connectivity index (χ3n) is 1.80. The zero-order valence-electron chi connectivity index (χ0n) is 7.00. The number of hydrogen-bond acceptors (Lipinski definition) is 2. The van der Waals surface area contributed by atoms with Gasteiger partial charge in [0.05, 0.1) is 6.10 Å². The summed E-state index contributed by atoms with van der Waals surface area (Å²) in [5.74, 6) is -1.15. The highest BCUT2D eigenvalue weighted by Gasteiger charge is 2.13. The molecule has 0 aromatic heterocycles. The summed E-state index contributed by atoms with van der Waals surface area (Å²) in [6, 6.07) is 2.70. The van der Waals surface area contributed by atoms with Crippen molar-refractivity contribution in [3.05, 3.63) is 29.1 Å². The molecule has 0 bridgehead atoms. The van der Waals surface area contributed by atoms with Gasteiger partial charge in [-0.15, -0.1) is 0 Å². The number of benzene rings is 1. The molecule has 3 heteroatoms. The summed E-state index contributed by atoms with van der Waals surface area (Å²) >= 11 is 0. The Bertz CT molecular complexity index is 295. The molecule has 2 nitrogen and oxygen atoms in total. The van der Waals surface area contributed by atoms with Crippen molar-refractivity contribution in [2.45, 2.75) is 20.0 Å². The predicted octanol–water partition coefficient (Wildman–Crippen LogP) is 1.89. The third kappa shape index (κ3) is 1.41. The molecule has 66 valence electrons. The number of phenols is 1. The van der Waals surface area contributed by atoms with Gasteiger partial charge in [0.15, 0.2) is 11.6 Å². The molecule has 0 spiro atoms. The molecule has 0 saturated heterocycles. The zero-order valence-corrected chi connectivity index (χ0v) is 7.00. The summed E-state index contributed by atoms with van der Waals surface area (Å²) in [4.78, 5) is 0. The van der Waals surface area contributed by atoms with Crippen molar-refractivity contribution in [3.8, 4) is 5.75 Å². The van der Waals surface area contributed by atoms with E-state index in [-0.39, 0.29) is 5.56 Å². The summed E-state index contributed by atoms with van der Waals surface area (Å²) < 4.78 is 12.8. The van der Waals surface area contributed by atoms with E-state index < -0.39 is 17.7 Å². The molecular weight excluding hydrogens is 159 g/mol. The monoisotopic (exact) mass is 170 g/mol. The van der Waals surface area contributed by atoms with Crippen LogP contribution in [0.15, 0.2) is 12.1 Å². The number of aliphatic hydroxyl groups excluding tert-OH is 1. The van der Waals surface area contributed by atoms with Gasteiger partial charge in [-0.05, 0) is 25.5 Å². The van der Waals surface area contributed by atoms with Crippen molar-refractivity contribution in [2.75, 3.05) is 0 Å². The molecule has 0 saturated carbocycles. The van der Waals surface area contributed by atoms with Crippen molar-refractivity contribution in [1.82, 2.24) is 0 Å². The highest BCUT2D eigenvalue weighted by Crippen LogP contribution is 2.29. The first kappa shape index (κ1) is 9.00. The summed E-state index contributed by atoms with van der Waals surface area (Å²) in [5, 5.41) is 18.4. The Labute approximate surface area is 70.3 Å². The topological polar surface area (TPSA) is 40.5 Å². The number of phenolic OH excluding ortho intramolecular Hbond substituents is 1. The van der Waals surface area contributed by atoms with Crippen LogP contribution in [-0.4, -0.2) is 10.2 Å². The molecule has 2 N–H and O–H groups in total. The Morgan fingerprint density at radius 1 is 1.42 bits per heavy atom. The molecule has 0 radical (unpaired) electrons. The van der Waals surface area contributed by atoms with Gasteiger partial charge in [-0.1, -0.05) is 6.07 Å². The maximum atomic E-state index is 12.8. The van der Waals surface area contributed by atoms with Gasteiger partial charge in [0, 0.05) is 5.56 Å². The number of hydrogen-bond donors (Lipinski definition) is 2. The molecule has 0 amide bonds. The van der Waals surface area contributed by atoms with Gasteiger partial charge in [0.2, 0.25) is 0 Å². The van der Waals surface area contributed by atoms with Gasteiger partial charge < -0.3 is 10.2 Å².